The fourth-order valence-electron chi connectivity index (χ4n) is 0.559. The smallest absolute Gasteiger partial charge is 0.234 e. The molecule has 0 aliphatic heterocycles. The molecule has 0 bridgehead atoms. The van der Waals surface area contributed by atoms with Crippen molar-refractivity contribution in [3.05, 3.63) is 24.3 Å². The van der Waals surface area contributed by atoms with Crippen LogP contribution in [0.1, 0.15) is 5.69 Å². The average molecular weight is 143 g/mol. The van der Waals surface area contributed by atoms with Crippen molar-refractivity contribution in [3.63, 3.8) is 0 Å². The van der Waals surface area contributed by atoms with E-state index in [9.17, 15) is 8.78 Å². The van der Waals surface area contributed by atoms with Gasteiger partial charge in [0.15, 0.2) is 6.33 Å². The standard InChI is InChI=1S/C6H5F2N2/c7-6(8)3-5-1-2-9-4-10-5/h1-2,6H,3H2. The first-order valence-electron chi connectivity index (χ1n) is 2.75. The number of aromatic nitrogens is 2. The highest BCUT2D eigenvalue weighted by atomic mass is 19.3. The fourth-order valence-corrected chi connectivity index (χ4v) is 0.559. The van der Waals surface area contributed by atoms with Gasteiger partial charge in [0.25, 0.3) is 0 Å². The minimum absolute atomic E-state index is 0.320. The summed E-state index contributed by atoms with van der Waals surface area (Å²) in [5, 5.41) is 0. The van der Waals surface area contributed by atoms with Crippen LogP contribution in [0.4, 0.5) is 8.78 Å². The Morgan fingerprint density at radius 1 is 1.60 bits per heavy atom. The molecule has 1 aromatic rings. The van der Waals surface area contributed by atoms with Crippen molar-refractivity contribution in [2.45, 2.75) is 12.8 Å². The van der Waals surface area contributed by atoms with Gasteiger partial charge in [-0.25, -0.2) is 18.7 Å². The summed E-state index contributed by atoms with van der Waals surface area (Å²) in [5.74, 6) is 0. The summed E-state index contributed by atoms with van der Waals surface area (Å²) in [5.41, 5.74) is 0.324. The van der Waals surface area contributed by atoms with Crippen molar-refractivity contribution in [2.24, 2.45) is 0 Å². The summed E-state index contributed by atoms with van der Waals surface area (Å²) >= 11 is 0. The zero-order valence-corrected chi connectivity index (χ0v) is 5.09. The van der Waals surface area contributed by atoms with Crippen LogP contribution in [-0.2, 0) is 6.42 Å². The Bertz CT molecular complexity index is 188. The van der Waals surface area contributed by atoms with E-state index in [0.29, 0.717) is 5.69 Å². The maximum atomic E-state index is 11.6. The van der Waals surface area contributed by atoms with E-state index in [4.69, 9.17) is 0 Å². The molecule has 53 valence electrons. The van der Waals surface area contributed by atoms with Crippen molar-refractivity contribution in [1.82, 2.24) is 9.97 Å². The van der Waals surface area contributed by atoms with E-state index in [2.05, 4.69) is 16.3 Å². The Balaban J connectivity index is 2.59. The molecule has 1 rings (SSSR count). The van der Waals surface area contributed by atoms with E-state index in [1.807, 2.05) is 0 Å². The lowest BCUT2D eigenvalue weighted by Crippen LogP contribution is -1.98. The molecular weight excluding hydrogens is 138 g/mol. The van der Waals surface area contributed by atoms with E-state index in [0.717, 1.165) is 0 Å². The Morgan fingerprint density at radius 3 is 2.90 bits per heavy atom. The number of halogens is 2. The summed E-state index contributed by atoms with van der Waals surface area (Å²) in [6, 6.07) is 1.45. The quantitative estimate of drug-likeness (QED) is 0.619. The second-order valence-electron chi connectivity index (χ2n) is 1.74. The molecule has 0 saturated heterocycles. The van der Waals surface area contributed by atoms with Gasteiger partial charge in [-0.05, 0) is 6.07 Å². The molecule has 0 aliphatic carbocycles. The molecule has 0 aliphatic rings. The van der Waals surface area contributed by atoms with Crippen LogP contribution in [0.2, 0.25) is 0 Å². The summed E-state index contributed by atoms with van der Waals surface area (Å²) in [6.07, 6.45) is 0.962. The maximum Gasteiger partial charge on any atom is 0.244 e. The normalized spacial score (nSPS) is 10.3. The Hall–Kier alpha value is -1.06. The van der Waals surface area contributed by atoms with Crippen molar-refractivity contribution >= 4 is 0 Å². The van der Waals surface area contributed by atoms with Crippen LogP contribution in [0.5, 0.6) is 0 Å². The van der Waals surface area contributed by atoms with E-state index >= 15 is 0 Å². The van der Waals surface area contributed by atoms with Crippen LogP contribution >= 0.6 is 0 Å². The van der Waals surface area contributed by atoms with Crippen molar-refractivity contribution in [2.75, 3.05) is 0 Å². The zero-order chi connectivity index (χ0) is 7.40. The minimum Gasteiger partial charge on any atom is -0.234 e. The van der Waals surface area contributed by atoms with Crippen LogP contribution < -0.4 is 0 Å². The highest BCUT2D eigenvalue weighted by Gasteiger charge is 2.03. The first-order valence-corrected chi connectivity index (χ1v) is 2.75. The fraction of sp³-hybridized carbons (Fsp3) is 0.333. The van der Waals surface area contributed by atoms with Crippen LogP contribution in [-0.4, -0.2) is 16.4 Å². The third-order valence-electron chi connectivity index (χ3n) is 0.956. The lowest BCUT2D eigenvalue weighted by molar-refractivity contribution is 0.148. The molecule has 0 aromatic carbocycles. The number of nitrogens with zero attached hydrogens (tertiary/aromatic N) is 2. The minimum atomic E-state index is -2.34. The molecule has 1 aromatic heterocycles. The first-order chi connectivity index (χ1) is 4.79. The third kappa shape index (κ3) is 2.05. The van der Waals surface area contributed by atoms with E-state index in [-0.39, 0.29) is 6.42 Å². The monoisotopic (exact) mass is 143 g/mol. The van der Waals surface area contributed by atoms with Crippen molar-refractivity contribution in [1.29, 1.82) is 0 Å². The molecular formula is C6H5F2N2. The topological polar surface area (TPSA) is 25.8 Å². The predicted octanol–water partition coefficient (Wildman–Crippen LogP) is 1.08. The summed E-state index contributed by atoms with van der Waals surface area (Å²) in [7, 11) is 0. The number of alkyl halides is 2. The van der Waals surface area contributed by atoms with Crippen LogP contribution in [0.25, 0.3) is 0 Å². The first kappa shape index (κ1) is 7.05. The van der Waals surface area contributed by atoms with Crippen molar-refractivity contribution < 1.29 is 8.78 Å². The average Bonchev–Trinajstić information content (AvgIpc) is 1.88. The van der Waals surface area contributed by atoms with E-state index in [1.54, 1.807) is 0 Å². The van der Waals surface area contributed by atoms with Gasteiger partial charge in [0.1, 0.15) is 0 Å². The second kappa shape index (κ2) is 3.20. The predicted molar refractivity (Wildman–Crippen MR) is 30.6 cm³/mol. The van der Waals surface area contributed by atoms with Gasteiger partial charge in [0.2, 0.25) is 6.43 Å². The van der Waals surface area contributed by atoms with E-state index < -0.39 is 6.43 Å². The van der Waals surface area contributed by atoms with Gasteiger partial charge in [-0.15, -0.1) is 0 Å². The molecule has 0 N–H and O–H groups in total. The number of hydrogen-bond donors (Lipinski definition) is 0. The molecule has 1 heterocycles. The molecule has 0 spiro atoms. The highest BCUT2D eigenvalue weighted by molar-refractivity contribution is 4.97. The van der Waals surface area contributed by atoms with E-state index in [1.165, 1.54) is 12.3 Å². The van der Waals surface area contributed by atoms with Crippen LogP contribution in [0.15, 0.2) is 12.3 Å². The molecule has 2 nitrogen and oxygen atoms in total. The molecule has 10 heavy (non-hydrogen) atoms. The molecule has 0 atom stereocenters. The Labute approximate surface area is 56.9 Å². The van der Waals surface area contributed by atoms with Gasteiger partial charge in [-0.3, -0.25) is 0 Å². The maximum absolute atomic E-state index is 11.6. The highest BCUT2D eigenvalue weighted by Crippen LogP contribution is 2.01. The SMILES string of the molecule is FC(F)Cc1ccn[c]n1. The second-order valence-corrected chi connectivity index (χ2v) is 1.74. The molecule has 0 fully saturated rings. The van der Waals surface area contributed by atoms with Gasteiger partial charge in [0.05, 0.1) is 12.1 Å². The summed E-state index contributed by atoms with van der Waals surface area (Å²) in [6.45, 7) is 0. The van der Waals surface area contributed by atoms with Gasteiger partial charge < -0.3 is 0 Å². The lowest BCUT2D eigenvalue weighted by atomic mass is 10.3. The number of hydrogen-bond acceptors (Lipinski definition) is 2. The van der Waals surface area contributed by atoms with Crippen LogP contribution in [0, 0.1) is 6.33 Å². The Kier molecular flexibility index (Phi) is 2.25. The largest absolute Gasteiger partial charge is 0.244 e. The van der Waals surface area contributed by atoms with Gasteiger partial charge in [0, 0.05) is 6.20 Å². The van der Waals surface area contributed by atoms with Crippen molar-refractivity contribution in [3.8, 4) is 0 Å². The molecule has 0 saturated carbocycles. The molecule has 1 radical (unpaired) electrons. The number of rotatable bonds is 2. The third-order valence-corrected chi connectivity index (χ3v) is 0.956. The zero-order valence-electron chi connectivity index (χ0n) is 5.09. The van der Waals surface area contributed by atoms with Gasteiger partial charge in [-0.2, -0.15) is 0 Å². The lowest BCUT2D eigenvalue weighted by Gasteiger charge is -1.95. The molecule has 0 unspecified atom stereocenters. The van der Waals surface area contributed by atoms with Gasteiger partial charge in [-0.1, -0.05) is 0 Å². The molecule has 4 heteroatoms. The summed E-state index contributed by atoms with van der Waals surface area (Å²) in [4.78, 5) is 6.97. The van der Waals surface area contributed by atoms with Gasteiger partial charge >= 0.3 is 0 Å². The molecule has 0 amide bonds. The Morgan fingerprint density at radius 2 is 2.40 bits per heavy atom. The van der Waals surface area contributed by atoms with Crippen LogP contribution in [0.3, 0.4) is 0 Å². The summed E-state index contributed by atoms with van der Waals surface area (Å²) < 4.78 is 23.3.